The molecule has 0 atom stereocenters. The first-order valence-electron chi connectivity index (χ1n) is 9.54. The zero-order chi connectivity index (χ0) is 21.3. The van der Waals surface area contributed by atoms with E-state index in [0.717, 1.165) is 16.6 Å². The Bertz CT molecular complexity index is 1280. The number of aromatic nitrogens is 4. The molecule has 9 heteroatoms. The number of para-hydroxylation sites is 2. The summed E-state index contributed by atoms with van der Waals surface area (Å²) in [6, 6.07) is 13.2. The van der Waals surface area contributed by atoms with Crippen LogP contribution in [-0.4, -0.2) is 45.4 Å². The lowest BCUT2D eigenvalue weighted by Gasteiger charge is -2.10. The number of aryl methyl sites for hydroxylation is 1. The maximum absolute atomic E-state index is 12.8. The fourth-order valence-electron chi connectivity index (χ4n) is 3.55. The quantitative estimate of drug-likeness (QED) is 0.498. The van der Waals surface area contributed by atoms with Gasteiger partial charge in [-0.25, -0.2) is 13.9 Å². The van der Waals surface area contributed by atoms with Gasteiger partial charge in [-0.15, -0.1) is 5.10 Å². The number of imidazole rings is 1. The summed E-state index contributed by atoms with van der Waals surface area (Å²) in [5.41, 5.74) is 2.34. The van der Waals surface area contributed by atoms with Crippen molar-refractivity contribution in [1.82, 2.24) is 24.1 Å². The van der Waals surface area contributed by atoms with Gasteiger partial charge in [0.2, 0.25) is 11.7 Å². The van der Waals surface area contributed by atoms with Crippen molar-refractivity contribution in [2.75, 3.05) is 20.8 Å². The van der Waals surface area contributed by atoms with Gasteiger partial charge in [-0.2, -0.15) is 0 Å². The van der Waals surface area contributed by atoms with E-state index < -0.39 is 0 Å². The molecule has 1 N–H and O–H groups in total. The molecule has 0 aliphatic heterocycles. The molecule has 0 bridgehead atoms. The number of nitrogens with one attached hydrogen (secondary N) is 1. The molecule has 4 rings (SSSR count). The Labute approximate surface area is 172 Å². The van der Waals surface area contributed by atoms with Gasteiger partial charge in [0.15, 0.2) is 11.5 Å². The predicted octanol–water partition coefficient (Wildman–Crippen LogP) is 1.36. The van der Waals surface area contributed by atoms with Crippen LogP contribution in [0.4, 0.5) is 0 Å². The minimum atomic E-state index is -0.336. The third kappa shape index (κ3) is 3.38. The van der Waals surface area contributed by atoms with Crippen molar-refractivity contribution in [3.63, 3.8) is 0 Å². The number of carbonyl (C=O) groups excluding carboxylic acids is 1. The van der Waals surface area contributed by atoms with Crippen molar-refractivity contribution in [3.05, 3.63) is 58.5 Å². The molecule has 30 heavy (non-hydrogen) atoms. The van der Waals surface area contributed by atoms with E-state index in [2.05, 4.69) is 10.4 Å². The Morgan fingerprint density at radius 1 is 1.07 bits per heavy atom. The molecular formula is C21H23N5O4. The molecule has 0 aliphatic rings. The minimum absolute atomic E-state index is 0.138. The normalized spacial score (nSPS) is 11.2. The molecule has 2 aromatic heterocycles. The van der Waals surface area contributed by atoms with Gasteiger partial charge < -0.3 is 19.4 Å². The number of methoxy groups -OCH3 is 2. The molecular weight excluding hydrogens is 386 g/mol. The summed E-state index contributed by atoms with van der Waals surface area (Å²) in [6.45, 7) is 0.292. The first-order valence-corrected chi connectivity index (χ1v) is 9.54. The van der Waals surface area contributed by atoms with Crippen LogP contribution in [0.3, 0.4) is 0 Å². The van der Waals surface area contributed by atoms with Crippen molar-refractivity contribution < 1.29 is 14.3 Å². The number of nitrogens with zero attached hydrogens (tertiary/aromatic N) is 4. The molecule has 0 unspecified atom stereocenters. The van der Waals surface area contributed by atoms with Gasteiger partial charge in [0.1, 0.15) is 6.54 Å². The van der Waals surface area contributed by atoms with Crippen molar-refractivity contribution in [1.29, 1.82) is 0 Å². The Hall–Kier alpha value is -3.75. The van der Waals surface area contributed by atoms with Gasteiger partial charge in [0.05, 0.1) is 25.3 Å². The number of benzene rings is 2. The lowest BCUT2D eigenvalue weighted by Crippen LogP contribution is -2.33. The molecule has 9 nitrogen and oxygen atoms in total. The third-order valence-corrected chi connectivity index (χ3v) is 5.08. The molecule has 0 fully saturated rings. The van der Waals surface area contributed by atoms with Crippen molar-refractivity contribution in [3.8, 4) is 11.5 Å². The second-order valence-corrected chi connectivity index (χ2v) is 6.91. The molecule has 0 saturated carbocycles. The molecule has 4 aromatic rings. The van der Waals surface area contributed by atoms with Gasteiger partial charge in [0, 0.05) is 13.6 Å². The van der Waals surface area contributed by atoms with E-state index in [1.165, 1.54) is 9.08 Å². The molecule has 156 valence electrons. The SMILES string of the molecule is COc1ccc(CCNC(=O)Cn2nc3n(C)c4ccccc4n3c2=O)cc1OC. The third-order valence-electron chi connectivity index (χ3n) is 5.08. The van der Waals surface area contributed by atoms with Crippen LogP contribution in [-0.2, 0) is 24.8 Å². The number of hydrogen-bond donors (Lipinski definition) is 1. The summed E-state index contributed by atoms with van der Waals surface area (Å²) >= 11 is 0. The lowest BCUT2D eigenvalue weighted by atomic mass is 10.1. The van der Waals surface area contributed by atoms with E-state index >= 15 is 0 Å². The number of rotatable bonds is 7. The largest absolute Gasteiger partial charge is 0.493 e. The van der Waals surface area contributed by atoms with Crippen LogP contribution < -0.4 is 20.5 Å². The zero-order valence-electron chi connectivity index (χ0n) is 17.1. The van der Waals surface area contributed by atoms with Crippen LogP contribution in [0.15, 0.2) is 47.3 Å². The smallest absolute Gasteiger partial charge is 0.352 e. The average Bonchev–Trinajstić information content (AvgIpc) is 3.23. The van der Waals surface area contributed by atoms with Gasteiger partial charge in [-0.3, -0.25) is 4.79 Å². The standard InChI is InChI=1S/C21H23N5O4/c1-24-15-6-4-5-7-16(15)26-20(24)23-25(21(26)28)13-19(27)22-11-10-14-8-9-17(29-2)18(12-14)30-3/h4-9,12H,10-11,13H2,1-3H3,(H,22,27). The maximum Gasteiger partial charge on any atom is 0.352 e. The summed E-state index contributed by atoms with van der Waals surface area (Å²) in [6.07, 6.45) is 0.622. The summed E-state index contributed by atoms with van der Waals surface area (Å²) in [7, 11) is 5.01. The first kappa shape index (κ1) is 19.6. The topological polar surface area (TPSA) is 91.8 Å². The number of ether oxygens (including phenoxy) is 2. The summed E-state index contributed by atoms with van der Waals surface area (Å²) in [5, 5.41) is 7.17. The second-order valence-electron chi connectivity index (χ2n) is 6.91. The fraction of sp³-hybridized carbons (Fsp3) is 0.286. The highest BCUT2D eigenvalue weighted by Gasteiger charge is 2.17. The number of fused-ring (bicyclic) bond motifs is 3. The maximum atomic E-state index is 12.8. The van der Waals surface area contributed by atoms with E-state index in [1.54, 1.807) is 14.2 Å². The highest BCUT2D eigenvalue weighted by atomic mass is 16.5. The lowest BCUT2D eigenvalue weighted by molar-refractivity contribution is -0.121. The van der Waals surface area contributed by atoms with E-state index in [1.807, 2.05) is 54.1 Å². The highest BCUT2D eigenvalue weighted by molar-refractivity contribution is 5.80. The van der Waals surface area contributed by atoms with Crippen LogP contribution in [0.25, 0.3) is 16.8 Å². The van der Waals surface area contributed by atoms with Crippen LogP contribution in [0, 0.1) is 0 Å². The van der Waals surface area contributed by atoms with Crippen LogP contribution >= 0.6 is 0 Å². The summed E-state index contributed by atoms with van der Waals surface area (Å²) in [5.74, 6) is 1.53. The van der Waals surface area contributed by atoms with Gasteiger partial charge in [0.25, 0.3) is 0 Å². The zero-order valence-corrected chi connectivity index (χ0v) is 17.1. The van der Waals surface area contributed by atoms with Gasteiger partial charge in [-0.1, -0.05) is 18.2 Å². The number of hydrogen-bond acceptors (Lipinski definition) is 5. The second kappa shape index (κ2) is 7.94. The molecule has 0 saturated heterocycles. The van der Waals surface area contributed by atoms with Crippen LogP contribution in [0.2, 0.25) is 0 Å². The van der Waals surface area contributed by atoms with E-state index in [4.69, 9.17) is 9.47 Å². The van der Waals surface area contributed by atoms with Gasteiger partial charge >= 0.3 is 5.69 Å². The van der Waals surface area contributed by atoms with E-state index in [-0.39, 0.29) is 18.1 Å². The first-order chi connectivity index (χ1) is 14.5. The summed E-state index contributed by atoms with van der Waals surface area (Å²) < 4.78 is 15.1. The Kier molecular flexibility index (Phi) is 5.18. The molecule has 0 radical (unpaired) electrons. The van der Waals surface area contributed by atoms with Crippen molar-refractivity contribution in [2.24, 2.45) is 7.05 Å². The Balaban J connectivity index is 1.43. The molecule has 1 amide bonds. The van der Waals surface area contributed by atoms with Gasteiger partial charge in [-0.05, 0) is 36.2 Å². The number of carbonyl (C=O) groups is 1. The van der Waals surface area contributed by atoms with Crippen LogP contribution in [0.5, 0.6) is 11.5 Å². The molecule has 0 spiro atoms. The van der Waals surface area contributed by atoms with Crippen molar-refractivity contribution in [2.45, 2.75) is 13.0 Å². The Morgan fingerprint density at radius 3 is 2.53 bits per heavy atom. The Morgan fingerprint density at radius 2 is 1.80 bits per heavy atom. The van der Waals surface area contributed by atoms with Crippen molar-refractivity contribution >= 4 is 22.7 Å². The highest BCUT2D eigenvalue weighted by Crippen LogP contribution is 2.27. The molecule has 2 aromatic carbocycles. The molecule has 2 heterocycles. The minimum Gasteiger partial charge on any atom is -0.493 e. The van der Waals surface area contributed by atoms with Crippen LogP contribution in [0.1, 0.15) is 5.56 Å². The summed E-state index contributed by atoms with van der Waals surface area (Å²) in [4.78, 5) is 25.1. The fourth-order valence-corrected chi connectivity index (χ4v) is 3.55. The van der Waals surface area contributed by atoms with E-state index in [0.29, 0.717) is 30.2 Å². The average molecular weight is 409 g/mol. The monoisotopic (exact) mass is 409 g/mol. The predicted molar refractivity (Wildman–Crippen MR) is 112 cm³/mol. The molecule has 0 aliphatic carbocycles. The number of amides is 1. The van der Waals surface area contributed by atoms with E-state index in [9.17, 15) is 9.59 Å².